The zero-order chi connectivity index (χ0) is 20.4. The van der Waals surface area contributed by atoms with Gasteiger partial charge < -0.3 is 0 Å². The highest BCUT2D eigenvalue weighted by Crippen LogP contribution is 2.34. The van der Waals surface area contributed by atoms with Crippen molar-refractivity contribution < 1.29 is 0 Å². The van der Waals surface area contributed by atoms with E-state index in [4.69, 9.17) is 0 Å². The molecule has 146 valence electrons. The summed E-state index contributed by atoms with van der Waals surface area (Å²) in [6.07, 6.45) is 1.80. The zero-order valence-electron chi connectivity index (χ0n) is 16.9. The molecule has 4 rings (SSSR count). The molecule has 0 aliphatic heterocycles. The quantitative estimate of drug-likeness (QED) is 0.294. The van der Waals surface area contributed by atoms with Gasteiger partial charge in [-0.1, -0.05) is 133 Å². The molecule has 0 heterocycles. The molecule has 0 amide bonds. The predicted molar refractivity (Wildman–Crippen MR) is 136 cm³/mol. The van der Waals surface area contributed by atoms with Crippen molar-refractivity contribution in [1.29, 1.82) is 0 Å². The summed E-state index contributed by atoms with van der Waals surface area (Å²) in [6.45, 7) is 0. The Balaban J connectivity index is 1.55. The van der Waals surface area contributed by atoms with Gasteiger partial charge in [-0.05, 0) is 37.1 Å². The van der Waals surface area contributed by atoms with Gasteiger partial charge in [-0.3, -0.25) is 0 Å². The molecule has 0 saturated heterocycles. The van der Waals surface area contributed by atoms with Crippen molar-refractivity contribution in [3.8, 4) is 11.8 Å². The Hall–Kier alpha value is -2.70. The van der Waals surface area contributed by atoms with E-state index in [-0.39, 0.29) is 0 Å². The van der Waals surface area contributed by atoms with Gasteiger partial charge in [0.2, 0.25) is 0 Å². The van der Waals surface area contributed by atoms with Crippen LogP contribution in [0.5, 0.6) is 0 Å². The van der Waals surface area contributed by atoms with E-state index in [0.717, 1.165) is 12.3 Å². The Kier molecular flexibility index (Phi) is 7.47. The highest BCUT2D eigenvalue weighted by atomic mass is 31.1. The molecule has 4 aromatic carbocycles. The van der Waals surface area contributed by atoms with Gasteiger partial charge in [0.1, 0.15) is 0 Å². The molecule has 0 bridgehead atoms. The summed E-state index contributed by atoms with van der Waals surface area (Å²) in [6, 6.07) is 43.3. The highest BCUT2D eigenvalue weighted by Gasteiger charge is 2.13. The van der Waals surface area contributed by atoms with Crippen molar-refractivity contribution >= 4 is 37.1 Å². The first-order valence-corrected chi connectivity index (χ1v) is 13.2. The van der Waals surface area contributed by atoms with E-state index in [2.05, 4.69) is 133 Å². The lowest BCUT2D eigenvalue weighted by Gasteiger charge is -2.17. The van der Waals surface area contributed by atoms with Crippen LogP contribution in [-0.4, -0.2) is 12.3 Å². The van der Waals surface area contributed by atoms with Crippen LogP contribution in [0.2, 0.25) is 0 Å². The van der Waals surface area contributed by atoms with Crippen LogP contribution >= 0.6 is 15.8 Å². The molecular formula is C28H24P2. The Bertz CT molecular complexity index is 914. The second-order valence-electron chi connectivity index (χ2n) is 6.87. The van der Waals surface area contributed by atoms with Gasteiger partial charge in [0.05, 0.1) is 0 Å². The van der Waals surface area contributed by atoms with Crippen LogP contribution in [0.1, 0.15) is 0 Å². The molecule has 0 radical (unpaired) electrons. The lowest BCUT2D eigenvalue weighted by Crippen LogP contribution is -2.14. The summed E-state index contributed by atoms with van der Waals surface area (Å²) in [5.41, 5.74) is 0. The summed E-state index contributed by atoms with van der Waals surface area (Å²) in [7, 11) is -0.913. The molecule has 4 aromatic rings. The van der Waals surface area contributed by atoms with Crippen molar-refractivity contribution in [1.82, 2.24) is 0 Å². The fourth-order valence-electron chi connectivity index (χ4n) is 3.36. The van der Waals surface area contributed by atoms with E-state index in [1.165, 1.54) is 21.2 Å². The van der Waals surface area contributed by atoms with E-state index in [0.29, 0.717) is 0 Å². The van der Waals surface area contributed by atoms with Gasteiger partial charge in [-0.2, -0.15) is 0 Å². The summed E-state index contributed by atoms with van der Waals surface area (Å²) in [5.74, 6) is 7.09. The number of hydrogen-bond donors (Lipinski definition) is 0. The van der Waals surface area contributed by atoms with Gasteiger partial charge in [-0.15, -0.1) is 0 Å². The topological polar surface area (TPSA) is 0 Å². The van der Waals surface area contributed by atoms with Crippen LogP contribution in [0.15, 0.2) is 121 Å². The standard InChI is InChI=1S/C28H24P2/c1-5-15-25(16-6-1)29(26-17-7-2-8-18-26)23-13-14-24-30(27-19-9-3-10-20-27)28-21-11-4-12-22-28/h1-12,15-22H,23-24H2. The second kappa shape index (κ2) is 10.9. The lowest BCUT2D eigenvalue weighted by atomic mass is 10.4. The molecule has 0 fully saturated rings. The van der Waals surface area contributed by atoms with Gasteiger partial charge in [-0.25, -0.2) is 0 Å². The third-order valence-corrected chi connectivity index (χ3v) is 9.51. The van der Waals surface area contributed by atoms with Crippen LogP contribution in [0.25, 0.3) is 0 Å². The first-order chi connectivity index (χ1) is 14.9. The Labute approximate surface area is 182 Å². The summed E-state index contributed by atoms with van der Waals surface area (Å²) >= 11 is 0. The van der Waals surface area contributed by atoms with Crippen molar-refractivity contribution in [2.75, 3.05) is 12.3 Å². The fraction of sp³-hybridized carbons (Fsp3) is 0.0714. The van der Waals surface area contributed by atoms with E-state index in [1.807, 2.05) is 0 Å². The molecule has 0 nitrogen and oxygen atoms in total. The number of rotatable bonds is 6. The van der Waals surface area contributed by atoms with Crippen LogP contribution in [0.4, 0.5) is 0 Å². The Morgan fingerprint density at radius 3 is 0.833 bits per heavy atom. The van der Waals surface area contributed by atoms with E-state index in [1.54, 1.807) is 0 Å². The summed E-state index contributed by atoms with van der Waals surface area (Å²) < 4.78 is 0. The predicted octanol–water partition coefficient (Wildman–Crippen LogP) is 5.26. The minimum atomic E-state index is -0.457. The largest absolute Gasteiger partial charge is 0.0976 e. The second-order valence-corrected chi connectivity index (χ2v) is 11.3. The van der Waals surface area contributed by atoms with Crippen LogP contribution in [0.3, 0.4) is 0 Å². The van der Waals surface area contributed by atoms with Gasteiger partial charge in [0, 0.05) is 12.3 Å². The zero-order valence-corrected chi connectivity index (χ0v) is 18.6. The minimum absolute atomic E-state index is 0.457. The maximum absolute atomic E-state index is 3.55. The maximum atomic E-state index is 3.55. The molecule has 2 heteroatoms. The SMILES string of the molecule is C(#CCP(c1ccccc1)c1ccccc1)CP(c1ccccc1)c1ccccc1. The molecule has 0 atom stereocenters. The molecule has 0 aliphatic rings. The molecule has 0 unspecified atom stereocenters. The minimum Gasteiger partial charge on any atom is -0.0976 e. The van der Waals surface area contributed by atoms with Crippen LogP contribution < -0.4 is 21.2 Å². The van der Waals surface area contributed by atoms with Crippen molar-refractivity contribution in [2.45, 2.75) is 0 Å². The van der Waals surface area contributed by atoms with Crippen LogP contribution in [0, 0.1) is 11.8 Å². The highest BCUT2D eigenvalue weighted by molar-refractivity contribution is 7.73. The molecule has 0 aliphatic carbocycles. The molecule has 30 heavy (non-hydrogen) atoms. The molecule has 0 N–H and O–H groups in total. The smallest absolute Gasteiger partial charge is 0.0372 e. The molecule has 0 aromatic heterocycles. The van der Waals surface area contributed by atoms with Gasteiger partial charge >= 0.3 is 0 Å². The first-order valence-electron chi connectivity index (χ1n) is 10.1. The van der Waals surface area contributed by atoms with Gasteiger partial charge in [0.15, 0.2) is 0 Å². The molecule has 0 saturated carbocycles. The Morgan fingerprint density at radius 2 is 0.600 bits per heavy atom. The van der Waals surface area contributed by atoms with Crippen molar-refractivity contribution in [2.24, 2.45) is 0 Å². The average Bonchev–Trinajstić information content (AvgIpc) is 2.84. The van der Waals surface area contributed by atoms with Crippen molar-refractivity contribution in [3.05, 3.63) is 121 Å². The molecular weight excluding hydrogens is 398 g/mol. The number of hydrogen-bond acceptors (Lipinski definition) is 0. The summed E-state index contributed by atoms with van der Waals surface area (Å²) in [4.78, 5) is 0. The van der Waals surface area contributed by atoms with Crippen molar-refractivity contribution in [3.63, 3.8) is 0 Å². The number of benzene rings is 4. The van der Waals surface area contributed by atoms with E-state index in [9.17, 15) is 0 Å². The molecule has 0 spiro atoms. The van der Waals surface area contributed by atoms with Crippen LogP contribution in [-0.2, 0) is 0 Å². The lowest BCUT2D eigenvalue weighted by molar-refractivity contribution is 1.71. The maximum Gasteiger partial charge on any atom is 0.0372 e. The third kappa shape index (κ3) is 5.46. The van der Waals surface area contributed by atoms with Gasteiger partial charge in [0.25, 0.3) is 0 Å². The summed E-state index contributed by atoms with van der Waals surface area (Å²) in [5, 5.41) is 5.56. The monoisotopic (exact) mass is 422 g/mol. The third-order valence-electron chi connectivity index (χ3n) is 4.87. The van der Waals surface area contributed by atoms with E-state index < -0.39 is 15.8 Å². The normalized spacial score (nSPS) is 10.6. The fourth-order valence-corrected chi connectivity index (χ4v) is 7.36. The first kappa shape index (κ1) is 20.6. The van der Waals surface area contributed by atoms with E-state index >= 15 is 0 Å². The Morgan fingerprint density at radius 1 is 0.367 bits per heavy atom. The average molecular weight is 422 g/mol.